The van der Waals surface area contributed by atoms with Gasteiger partial charge < -0.3 is 13.5 Å². The van der Waals surface area contributed by atoms with Gasteiger partial charge in [0.05, 0.1) is 24.8 Å². The van der Waals surface area contributed by atoms with E-state index in [0.29, 0.717) is 30.1 Å². The first-order valence-electron chi connectivity index (χ1n) is 8.65. The lowest BCUT2D eigenvalue weighted by Crippen LogP contribution is -2.01. The van der Waals surface area contributed by atoms with Gasteiger partial charge in [-0.2, -0.15) is 0 Å². The largest absolute Gasteiger partial charge is 0.456 e. The number of benzene rings is 2. The molecule has 142 valence electrons. The summed E-state index contributed by atoms with van der Waals surface area (Å²) in [7, 11) is -3.18. The minimum Gasteiger partial charge on any atom is -0.456 e. The van der Waals surface area contributed by atoms with Gasteiger partial charge in [0, 0.05) is 11.6 Å². The summed E-state index contributed by atoms with van der Waals surface area (Å²) in [6.07, 6.45) is 0.163. The molecule has 0 saturated heterocycles. The summed E-state index contributed by atoms with van der Waals surface area (Å²) in [4.78, 5) is 12.2. The number of halogens is 1. The van der Waals surface area contributed by atoms with Crippen molar-refractivity contribution < 1.29 is 22.4 Å². The van der Waals surface area contributed by atoms with E-state index in [0.717, 1.165) is 11.6 Å². The average Bonchev–Trinajstić information content (AvgIpc) is 2.63. The maximum absolute atomic E-state index is 13.3. The third kappa shape index (κ3) is 4.53. The van der Waals surface area contributed by atoms with Crippen molar-refractivity contribution in [2.75, 3.05) is 13.2 Å². The normalized spacial score (nSPS) is 11.8. The standard InChI is InChI=1S/C20H20FO5P/c1-3-24-27(23,25-4-2)13-14-5-7-15(8-6-14)20-12-18(22)17-11-16(21)9-10-19(17)26-20/h5-12H,3-4,13H2,1-2H3. The van der Waals surface area contributed by atoms with E-state index in [1.54, 1.807) is 38.1 Å². The number of hydrogen-bond acceptors (Lipinski definition) is 5. The van der Waals surface area contributed by atoms with Gasteiger partial charge >= 0.3 is 7.60 Å². The van der Waals surface area contributed by atoms with Gasteiger partial charge in [-0.1, -0.05) is 24.3 Å². The zero-order valence-corrected chi connectivity index (χ0v) is 16.0. The molecule has 0 fully saturated rings. The molecule has 3 rings (SSSR count). The van der Waals surface area contributed by atoms with E-state index >= 15 is 0 Å². The molecule has 0 radical (unpaired) electrons. The highest BCUT2D eigenvalue weighted by Crippen LogP contribution is 2.51. The fourth-order valence-corrected chi connectivity index (χ4v) is 4.49. The smallest absolute Gasteiger partial charge is 0.335 e. The van der Waals surface area contributed by atoms with Crippen LogP contribution >= 0.6 is 7.60 Å². The van der Waals surface area contributed by atoms with Crippen LogP contribution in [-0.4, -0.2) is 13.2 Å². The lowest BCUT2D eigenvalue weighted by Gasteiger charge is -2.17. The van der Waals surface area contributed by atoms with Crippen molar-refractivity contribution in [2.45, 2.75) is 20.0 Å². The average molecular weight is 390 g/mol. The van der Waals surface area contributed by atoms with E-state index < -0.39 is 13.4 Å². The Bertz CT molecular complexity index is 1030. The van der Waals surface area contributed by atoms with E-state index in [1.807, 2.05) is 0 Å². The van der Waals surface area contributed by atoms with Crippen molar-refractivity contribution in [3.8, 4) is 11.3 Å². The first kappa shape index (κ1) is 19.5. The fraction of sp³-hybridized carbons (Fsp3) is 0.250. The fourth-order valence-electron chi connectivity index (χ4n) is 2.79. The molecule has 0 atom stereocenters. The molecule has 0 unspecified atom stereocenters. The lowest BCUT2D eigenvalue weighted by molar-refractivity contribution is 0.219. The molecule has 0 saturated carbocycles. The highest BCUT2D eigenvalue weighted by Gasteiger charge is 2.24. The molecule has 2 aromatic carbocycles. The van der Waals surface area contributed by atoms with Gasteiger partial charge in [0.2, 0.25) is 0 Å². The minimum absolute atomic E-state index is 0.163. The Kier molecular flexibility index (Phi) is 5.90. The van der Waals surface area contributed by atoms with Crippen LogP contribution in [0, 0.1) is 5.82 Å². The highest BCUT2D eigenvalue weighted by molar-refractivity contribution is 7.53. The molecular formula is C20H20FO5P. The van der Waals surface area contributed by atoms with Crippen LogP contribution < -0.4 is 5.43 Å². The van der Waals surface area contributed by atoms with Gasteiger partial charge in [0.1, 0.15) is 17.2 Å². The van der Waals surface area contributed by atoms with Crippen molar-refractivity contribution in [1.29, 1.82) is 0 Å². The Morgan fingerprint density at radius 1 is 1.00 bits per heavy atom. The topological polar surface area (TPSA) is 65.7 Å². The zero-order valence-electron chi connectivity index (χ0n) is 15.1. The van der Waals surface area contributed by atoms with Gasteiger partial charge in [-0.3, -0.25) is 9.36 Å². The molecule has 27 heavy (non-hydrogen) atoms. The summed E-state index contributed by atoms with van der Waals surface area (Å²) in [5.41, 5.74) is 1.48. The van der Waals surface area contributed by atoms with Crippen LogP contribution in [0.15, 0.2) is 57.7 Å². The molecule has 1 heterocycles. The van der Waals surface area contributed by atoms with Gasteiger partial charge in [-0.25, -0.2) is 4.39 Å². The van der Waals surface area contributed by atoms with Gasteiger partial charge in [-0.05, 0) is 37.6 Å². The molecule has 0 aliphatic heterocycles. The first-order chi connectivity index (χ1) is 12.9. The summed E-state index contributed by atoms with van der Waals surface area (Å²) in [5.74, 6) is -0.108. The third-order valence-corrected chi connectivity index (χ3v) is 6.01. The van der Waals surface area contributed by atoms with Crippen molar-refractivity contribution in [2.24, 2.45) is 0 Å². The molecular weight excluding hydrogens is 370 g/mol. The van der Waals surface area contributed by atoms with Crippen LogP contribution in [-0.2, 0) is 19.8 Å². The Labute approximate surface area is 156 Å². The SMILES string of the molecule is CCOP(=O)(Cc1ccc(-c2cc(=O)c3cc(F)ccc3o2)cc1)OCC. The molecule has 0 N–H and O–H groups in total. The predicted molar refractivity (Wildman–Crippen MR) is 102 cm³/mol. The van der Waals surface area contributed by atoms with Crippen LogP contribution in [0.25, 0.3) is 22.3 Å². The lowest BCUT2D eigenvalue weighted by atomic mass is 10.1. The highest BCUT2D eigenvalue weighted by atomic mass is 31.2. The van der Waals surface area contributed by atoms with Gasteiger partial charge in [0.15, 0.2) is 5.43 Å². The molecule has 0 spiro atoms. The second-order valence-electron chi connectivity index (χ2n) is 5.92. The molecule has 0 amide bonds. The number of fused-ring (bicyclic) bond motifs is 1. The monoisotopic (exact) mass is 390 g/mol. The van der Waals surface area contributed by atoms with E-state index in [9.17, 15) is 13.8 Å². The predicted octanol–water partition coefficient (Wildman–Crippen LogP) is 5.37. The minimum atomic E-state index is -3.18. The summed E-state index contributed by atoms with van der Waals surface area (Å²) < 4.78 is 42.3. The maximum Gasteiger partial charge on any atom is 0.335 e. The first-order valence-corrected chi connectivity index (χ1v) is 10.4. The van der Waals surface area contributed by atoms with E-state index in [4.69, 9.17) is 13.5 Å². The Morgan fingerprint density at radius 3 is 2.30 bits per heavy atom. The van der Waals surface area contributed by atoms with Gasteiger partial charge in [0.25, 0.3) is 0 Å². The van der Waals surface area contributed by atoms with Gasteiger partial charge in [-0.15, -0.1) is 0 Å². The molecule has 0 aliphatic rings. The van der Waals surface area contributed by atoms with Crippen molar-refractivity contribution in [3.05, 3.63) is 70.1 Å². The Hall–Kier alpha value is -2.27. The van der Waals surface area contributed by atoms with Crippen molar-refractivity contribution in [3.63, 3.8) is 0 Å². The van der Waals surface area contributed by atoms with Crippen LogP contribution in [0.1, 0.15) is 19.4 Å². The molecule has 5 nitrogen and oxygen atoms in total. The summed E-state index contributed by atoms with van der Waals surface area (Å²) in [6, 6.07) is 12.3. The Balaban J connectivity index is 1.89. The second kappa shape index (κ2) is 8.17. The number of rotatable bonds is 7. The molecule has 0 bridgehead atoms. The Morgan fingerprint density at radius 2 is 1.67 bits per heavy atom. The van der Waals surface area contributed by atoms with E-state index in [-0.39, 0.29) is 17.0 Å². The van der Waals surface area contributed by atoms with E-state index in [2.05, 4.69) is 0 Å². The zero-order chi connectivity index (χ0) is 19.4. The molecule has 1 aromatic heterocycles. The second-order valence-corrected chi connectivity index (χ2v) is 7.97. The molecule has 0 aliphatic carbocycles. The van der Waals surface area contributed by atoms with Crippen LogP contribution in [0.4, 0.5) is 4.39 Å². The summed E-state index contributed by atoms with van der Waals surface area (Å²) in [5, 5.41) is 0.199. The van der Waals surface area contributed by atoms with Crippen molar-refractivity contribution in [1.82, 2.24) is 0 Å². The maximum atomic E-state index is 13.3. The van der Waals surface area contributed by atoms with Crippen LogP contribution in [0.3, 0.4) is 0 Å². The number of hydrogen-bond donors (Lipinski definition) is 0. The third-order valence-electron chi connectivity index (χ3n) is 3.96. The summed E-state index contributed by atoms with van der Waals surface area (Å²) >= 11 is 0. The van der Waals surface area contributed by atoms with Crippen LogP contribution in [0.5, 0.6) is 0 Å². The van der Waals surface area contributed by atoms with E-state index in [1.165, 1.54) is 18.2 Å². The molecule has 7 heteroatoms. The molecule has 3 aromatic rings. The summed E-state index contributed by atoms with van der Waals surface area (Å²) in [6.45, 7) is 4.14. The van der Waals surface area contributed by atoms with Crippen LogP contribution in [0.2, 0.25) is 0 Å². The van der Waals surface area contributed by atoms with Crippen molar-refractivity contribution >= 4 is 18.6 Å². The quantitative estimate of drug-likeness (QED) is 0.508.